The fourth-order valence-corrected chi connectivity index (χ4v) is 2.31. The topological polar surface area (TPSA) is 44.4 Å². The Bertz CT molecular complexity index is 436. The number of nitrogens with zero attached hydrogens (tertiary/aromatic N) is 1. The Morgan fingerprint density at radius 2 is 2.00 bits per heavy atom. The van der Waals surface area contributed by atoms with Crippen LogP contribution >= 0.6 is 35.6 Å². The SMILES string of the molecule is Cl.O=C(CN1CCNCC1)Nc1ccc(Cl)cc1Cl. The normalized spacial score (nSPS) is 15.7. The number of rotatable bonds is 3. The molecular weight excluding hydrogens is 309 g/mol. The minimum absolute atomic E-state index is 0. The molecule has 4 nitrogen and oxygen atoms in total. The Labute approximate surface area is 128 Å². The van der Waals surface area contributed by atoms with Crippen LogP contribution in [0.1, 0.15) is 0 Å². The zero-order chi connectivity index (χ0) is 13.0. The number of hydrogen-bond donors (Lipinski definition) is 2. The molecule has 106 valence electrons. The van der Waals surface area contributed by atoms with Gasteiger partial charge in [-0.3, -0.25) is 9.69 Å². The van der Waals surface area contributed by atoms with Gasteiger partial charge in [0.15, 0.2) is 0 Å². The van der Waals surface area contributed by atoms with Crippen LogP contribution in [0.25, 0.3) is 0 Å². The molecule has 19 heavy (non-hydrogen) atoms. The molecule has 0 spiro atoms. The first-order valence-electron chi connectivity index (χ1n) is 5.83. The molecule has 0 bridgehead atoms. The predicted molar refractivity (Wildman–Crippen MR) is 81.6 cm³/mol. The summed E-state index contributed by atoms with van der Waals surface area (Å²) in [6.45, 7) is 4.02. The number of hydrogen-bond acceptors (Lipinski definition) is 3. The van der Waals surface area contributed by atoms with Crippen molar-refractivity contribution in [2.75, 3.05) is 38.0 Å². The standard InChI is InChI=1S/C12H15Cl2N3O.ClH/c13-9-1-2-11(10(14)7-9)16-12(18)8-17-5-3-15-4-6-17;/h1-2,7,15H,3-6,8H2,(H,16,18);1H. The van der Waals surface area contributed by atoms with Crippen molar-refractivity contribution in [1.29, 1.82) is 0 Å². The third-order valence-corrected chi connectivity index (χ3v) is 3.33. The van der Waals surface area contributed by atoms with Gasteiger partial charge in [0, 0.05) is 31.2 Å². The molecule has 1 aliphatic rings. The number of halogens is 3. The molecule has 1 heterocycles. The Kier molecular flexibility index (Phi) is 6.89. The second-order valence-corrected chi connectivity index (χ2v) is 5.04. The van der Waals surface area contributed by atoms with Gasteiger partial charge in [-0.15, -0.1) is 12.4 Å². The fourth-order valence-electron chi connectivity index (χ4n) is 1.85. The van der Waals surface area contributed by atoms with Crippen molar-refractivity contribution >= 4 is 47.2 Å². The number of nitrogens with one attached hydrogen (secondary N) is 2. The van der Waals surface area contributed by atoms with E-state index in [1.54, 1.807) is 18.2 Å². The lowest BCUT2D eigenvalue weighted by atomic mass is 10.3. The third kappa shape index (κ3) is 5.16. The monoisotopic (exact) mass is 323 g/mol. The van der Waals surface area contributed by atoms with Crippen molar-refractivity contribution in [3.8, 4) is 0 Å². The second-order valence-electron chi connectivity index (χ2n) is 4.20. The molecule has 0 radical (unpaired) electrons. The van der Waals surface area contributed by atoms with Crippen molar-refractivity contribution in [1.82, 2.24) is 10.2 Å². The van der Waals surface area contributed by atoms with Gasteiger partial charge in [0.05, 0.1) is 17.3 Å². The van der Waals surface area contributed by atoms with Crippen LogP contribution in [-0.2, 0) is 4.79 Å². The van der Waals surface area contributed by atoms with Crippen molar-refractivity contribution in [3.05, 3.63) is 28.2 Å². The van der Waals surface area contributed by atoms with Gasteiger partial charge >= 0.3 is 0 Å². The van der Waals surface area contributed by atoms with E-state index in [0.717, 1.165) is 26.2 Å². The lowest BCUT2D eigenvalue weighted by Gasteiger charge is -2.26. The number of carbonyl (C=O) groups excluding carboxylic acids is 1. The molecule has 1 aromatic rings. The lowest BCUT2D eigenvalue weighted by molar-refractivity contribution is -0.117. The van der Waals surface area contributed by atoms with Gasteiger partial charge < -0.3 is 10.6 Å². The van der Waals surface area contributed by atoms with Crippen LogP contribution in [0, 0.1) is 0 Å². The van der Waals surface area contributed by atoms with Crippen LogP contribution in [0.4, 0.5) is 5.69 Å². The lowest BCUT2D eigenvalue weighted by Crippen LogP contribution is -2.46. The van der Waals surface area contributed by atoms with E-state index < -0.39 is 0 Å². The molecular formula is C12H16Cl3N3O. The van der Waals surface area contributed by atoms with Gasteiger partial charge in [0.25, 0.3) is 0 Å². The summed E-state index contributed by atoms with van der Waals surface area (Å²) in [6, 6.07) is 5.03. The second kappa shape index (κ2) is 7.92. The van der Waals surface area contributed by atoms with Crippen LogP contribution in [0.5, 0.6) is 0 Å². The van der Waals surface area contributed by atoms with E-state index in [9.17, 15) is 4.79 Å². The molecule has 1 aliphatic heterocycles. The Morgan fingerprint density at radius 3 is 2.63 bits per heavy atom. The van der Waals surface area contributed by atoms with Gasteiger partial charge in [-0.05, 0) is 18.2 Å². The summed E-state index contributed by atoms with van der Waals surface area (Å²) in [6.07, 6.45) is 0. The molecule has 2 rings (SSSR count). The molecule has 7 heteroatoms. The Hall–Kier alpha value is -0.520. The fraction of sp³-hybridized carbons (Fsp3) is 0.417. The molecule has 0 unspecified atom stereocenters. The highest BCUT2D eigenvalue weighted by molar-refractivity contribution is 6.36. The van der Waals surface area contributed by atoms with E-state index in [1.807, 2.05) is 0 Å². The van der Waals surface area contributed by atoms with E-state index in [2.05, 4.69) is 15.5 Å². The highest BCUT2D eigenvalue weighted by Gasteiger charge is 2.14. The quantitative estimate of drug-likeness (QED) is 0.896. The Morgan fingerprint density at radius 1 is 1.32 bits per heavy atom. The van der Waals surface area contributed by atoms with Gasteiger partial charge in [-0.25, -0.2) is 0 Å². The Balaban J connectivity index is 0.00000180. The summed E-state index contributed by atoms with van der Waals surface area (Å²) in [5, 5.41) is 7.05. The van der Waals surface area contributed by atoms with E-state index in [4.69, 9.17) is 23.2 Å². The summed E-state index contributed by atoms with van der Waals surface area (Å²) in [7, 11) is 0. The van der Waals surface area contributed by atoms with Gasteiger partial charge in [-0.1, -0.05) is 23.2 Å². The van der Waals surface area contributed by atoms with Crippen LogP contribution in [0.15, 0.2) is 18.2 Å². The van der Waals surface area contributed by atoms with Crippen LogP contribution in [-0.4, -0.2) is 43.5 Å². The van der Waals surface area contributed by atoms with E-state index in [-0.39, 0.29) is 18.3 Å². The van der Waals surface area contributed by atoms with Crippen LogP contribution in [0.3, 0.4) is 0 Å². The zero-order valence-electron chi connectivity index (χ0n) is 10.3. The molecule has 1 fully saturated rings. The first kappa shape index (κ1) is 16.5. The van der Waals surface area contributed by atoms with Gasteiger partial charge in [0.1, 0.15) is 0 Å². The van der Waals surface area contributed by atoms with Crippen LogP contribution in [0.2, 0.25) is 10.0 Å². The average Bonchev–Trinajstić information content (AvgIpc) is 2.34. The minimum Gasteiger partial charge on any atom is -0.324 e. The smallest absolute Gasteiger partial charge is 0.238 e. The number of carbonyl (C=O) groups is 1. The van der Waals surface area contributed by atoms with Crippen molar-refractivity contribution in [3.63, 3.8) is 0 Å². The number of benzene rings is 1. The third-order valence-electron chi connectivity index (χ3n) is 2.78. The molecule has 0 aliphatic carbocycles. The molecule has 1 saturated heterocycles. The van der Waals surface area contributed by atoms with Crippen molar-refractivity contribution in [2.24, 2.45) is 0 Å². The maximum atomic E-state index is 11.9. The van der Waals surface area contributed by atoms with E-state index in [1.165, 1.54) is 0 Å². The van der Waals surface area contributed by atoms with E-state index >= 15 is 0 Å². The molecule has 1 aromatic carbocycles. The summed E-state index contributed by atoms with van der Waals surface area (Å²) >= 11 is 11.8. The predicted octanol–water partition coefficient (Wildman–Crippen LogP) is 2.26. The maximum Gasteiger partial charge on any atom is 0.238 e. The summed E-state index contributed by atoms with van der Waals surface area (Å²) < 4.78 is 0. The summed E-state index contributed by atoms with van der Waals surface area (Å²) in [5.74, 6) is -0.0545. The molecule has 0 atom stereocenters. The summed E-state index contributed by atoms with van der Waals surface area (Å²) in [4.78, 5) is 14.0. The number of amides is 1. The summed E-state index contributed by atoms with van der Waals surface area (Å²) in [5.41, 5.74) is 0.598. The molecule has 0 aromatic heterocycles. The van der Waals surface area contributed by atoms with Crippen LogP contribution < -0.4 is 10.6 Å². The van der Waals surface area contributed by atoms with Crippen molar-refractivity contribution in [2.45, 2.75) is 0 Å². The molecule has 0 saturated carbocycles. The molecule has 2 N–H and O–H groups in total. The number of anilines is 1. The molecule has 1 amide bonds. The zero-order valence-corrected chi connectivity index (χ0v) is 12.6. The largest absolute Gasteiger partial charge is 0.324 e. The first-order valence-corrected chi connectivity index (χ1v) is 6.59. The number of piperazine rings is 1. The van der Waals surface area contributed by atoms with Crippen molar-refractivity contribution < 1.29 is 4.79 Å². The first-order chi connectivity index (χ1) is 8.65. The maximum absolute atomic E-state index is 11.9. The van der Waals surface area contributed by atoms with Gasteiger partial charge in [-0.2, -0.15) is 0 Å². The van der Waals surface area contributed by atoms with Gasteiger partial charge in [0.2, 0.25) is 5.91 Å². The van der Waals surface area contributed by atoms with E-state index in [0.29, 0.717) is 22.3 Å². The minimum atomic E-state index is -0.0545. The highest BCUT2D eigenvalue weighted by Crippen LogP contribution is 2.25. The average molecular weight is 325 g/mol. The highest BCUT2D eigenvalue weighted by atomic mass is 35.5.